The smallest absolute Gasteiger partial charge is 0.311 e. The summed E-state index contributed by atoms with van der Waals surface area (Å²) in [6.07, 6.45) is 6.74. The third-order valence-electron chi connectivity index (χ3n) is 4.87. The molecule has 2 aromatic heterocycles. The highest BCUT2D eigenvalue weighted by molar-refractivity contribution is 7.16. The second-order valence-corrected chi connectivity index (χ2v) is 7.84. The van der Waals surface area contributed by atoms with Crippen molar-refractivity contribution in [2.45, 2.75) is 38.3 Å². The van der Waals surface area contributed by atoms with Gasteiger partial charge in [0, 0.05) is 25.9 Å². The molecule has 25 heavy (non-hydrogen) atoms. The van der Waals surface area contributed by atoms with Crippen molar-refractivity contribution < 1.29 is 9.90 Å². The number of fused-ring (bicyclic) bond motifs is 1. The second-order valence-electron chi connectivity index (χ2n) is 6.46. The first-order valence-electron chi connectivity index (χ1n) is 8.61. The Hall–Kier alpha value is -1.28. The second kappa shape index (κ2) is 8.40. The SMILES string of the molecule is O=CC(N1CCC(CCCCO)CC1)n1c(=O)sc2ncc(Cl)cc21. The third kappa shape index (κ3) is 4.11. The highest BCUT2D eigenvalue weighted by atomic mass is 35.5. The molecule has 1 aliphatic heterocycles. The fourth-order valence-corrected chi connectivity index (χ4v) is 4.50. The summed E-state index contributed by atoms with van der Waals surface area (Å²) in [6, 6.07) is 1.69. The summed E-state index contributed by atoms with van der Waals surface area (Å²) >= 11 is 7.06. The lowest BCUT2D eigenvalue weighted by Gasteiger charge is -2.35. The lowest BCUT2D eigenvalue weighted by Crippen LogP contribution is -2.42. The molecule has 0 radical (unpaired) electrons. The number of hydrogen-bond acceptors (Lipinski definition) is 6. The number of aliphatic hydroxyl groups is 1. The monoisotopic (exact) mass is 383 g/mol. The summed E-state index contributed by atoms with van der Waals surface area (Å²) < 4.78 is 1.51. The Morgan fingerprint density at radius 2 is 2.16 bits per heavy atom. The first kappa shape index (κ1) is 18.5. The maximum absolute atomic E-state index is 12.4. The zero-order valence-electron chi connectivity index (χ0n) is 13.9. The highest BCUT2D eigenvalue weighted by Crippen LogP contribution is 2.28. The van der Waals surface area contributed by atoms with Crippen LogP contribution >= 0.6 is 22.9 Å². The number of carbonyl (C=O) groups excluding carboxylic acids is 1. The molecule has 1 aliphatic rings. The standard InChI is InChI=1S/C17H22ClN3O3S/c18-13-9-14-16(19-10-13)25-17(24)21(14)15(11-23)20-6-4-12(5-7-20)3-1-2-8-22/h9-12,15,22H,1-8H2. The Kier molecular flexibility index (Phi) is 6.22. The molecule has 0 saturated carbocycles. The molecule has 0 aliphatic carbocycles. The molecular weight excluding hydrogens is 362 g/mol. The van der Waals surface area contributed by atoms with E-state index in [0.29, 0.717) is 21.3 Å². The van der Waals surface area contributed by atoms with Crippen molar-refractivity contribution in [3.8, 4) is 0 Å². The zero-order valence-corrected chi connectivity index (χ0v) is 15.5. The topological polar surface area (TPSA) is 75.4 Å². The van der Waals surface area contributed by atoms with Crippen molar-refractivity contribution in [1.29, 1.82) is 0 Å². The Bertz CT molecular complexity index is 783. The number of rotatable bonds is 7. The summed E-state index contributed by atoms with van der Waals surface area (Å²) in [4.78, 5) is 30.9. The van der Waals surface area contributed by atoms with Gasteiger partial charge in [-0.15, -0.1) is 0 Å². The molecule has 3 rings (SSSR count). The average molecular weight is 384 g/mol. The number of carbonyl (C=O) groups is 1. The molecule has 0 spiro atoms. The van der Waals surface area contributed by atoms with Crippen molar-refractivity contribution in [3.63, 3.8) is 0 Å². The van der Waals surface area contributed by atoms with Gasteiger partial charge in [-0.05, 0) is 31.2 Å². The minimum Gasteiger partial charge on any atom is -0.396 e. The molecule has 0 aromatic carbocycles. The van der Waals surface area contributed by atoms with Gasteiger partial charge in [-0.25, -0.2) is 4.98 Å². The van der Waals surface area contributed by atoms with Gasteiger partial charge < -0.3 is 5.11 Å². The number of aromatic nitrogens is 2. The van der Waals surface area contributed by atoms with Crippen LogP contribution in [0.15, 0.2) is 17.1 Å². The van der Waals surface area contributed by atoms with Crippen LogP contribution in [0.3, 0.4) is 0 Å². The van der Waals surface area contributed by atoms with E-state index >= 15 is 0 Å². The number of nitrogens with zero attached hydrogens (tertiary/aromatic N) is 3. The Balaban J connectivity index is 1.76. The minimum atomic E-state index is -0.611. The number of unbranched alkanes of at least 4 members (excludes halogenated alkanes) is 1. The Morgan fingerprint density at radius 3 is 2.84 bits per heavy atom. The van der Waals surface area contributed by atoms with Gasteiger partial charge >= 0.3 is 4.87 Å². The van der Waals surface area contributed by atoms with E-state index in [0.717, 1.165) is 62.8 Å². The van der Waals surface area contributed by atoms with Gasteiger partial charge in [-0.1, -0.05) is 35.8 Å². The van der Waals surface area contributed by atoms with Crippen LogP contribution in [0.1, 0.15) is 38.3 Å². The minimum absolute atomic E-state index is 0.188. The lowest BCUT2D eigenvalue weighted by molar-refractivity contribution is -0.116. The van der Waals surface area contributed by atoms with Crippen molar-refractivity contribution in [3.05, 3.63) is 27.0 Å². The molecule has 6 nitrogen and oxygen atoms in total. The van der Waals surface area contributed by atoms with E-state index in [1.54, 1.807) is 6.07 Å². The molecule has 1 unspecified atom stereocenters. The van der Waals surface area contributed by atoms with Gasteiger partial charge in [0.05, 0.1) is 10.5 Å². The van der Waals surface area contributed by atoms with E-state index in [-0.39, 0.29) is 11.5 Å². The summed E-state index contributed by atoms with van der Waals surface area (Å²) in [5.41, 5.74) is 0.615. The third-order valence-corrected chi connectivity index (χ3v) is 5.95. The van der Waals surface area contributed by atoms with Crippen LogP contribution < -0.4 is 4.87 Å². The first-order valence-corrected chi connectivity index (χ1v) is 9.80. The number of pyridine rings is 1. The first-order chi connectivity index (χ1) is 12.1. The molecule has 1 fully saturated rings. The van der Waals surface area contributed by atoms with E-state index in [9.17, 15) is 9.59 Å². The fraction of sp³-hybridized carbons (Fsp3) is 0.588. The number of piperidine rings is 1. The quantitative estimate of drug-likeness (QED) is 0.587. The Morgan fingerprint density at radius 1 is 1.40 bits per heavy atom. The maximum atomic E-state index is 12.4. The van der Waals surface area contributed by atoms with E-state index in [4.69, 9.17) is 16.7 Å². The van der Waals surface area contributed by atoms with E-state index in [2.05, 4.69) is 9.88 Å². The fourth-order valence-electron chi connectivity index (χ4n) is 3.51. The number of aliphatic hydroxyl groups excluding tert-OH is 1. The Labute approximate surface area is 155 Å². The van der Waals surface area contributed by atoms with Crippen molar-refractivity contribution >= 4 is 39.6 Å². The summed E-state index contributed by atoms with van der Waals surface area (Å²) in [6.45, 7) is 1.81. The van der Waals surface area contributed by atoms with Crippen molar-refractivity contribution in [2.75, 3.05) is 19.7 Å². The van der Waals surface area contributed by atoms with Gasteiger partial charge in [0.1, 0.15) is 11.0 Å². The molecule has 2 aromatic rings. The van der Waals surface area contributed by atoms with E-state index < -0.39 is 6.17 Å². The lowest BCUT2D eigenvalue weighted by atomic mass is 9.91. The molecule has 8 heteroatoms. The molecule has 1 saturated heterocycles. The number of likely N-dealkylation sites (tertiary alicyclic amines) is 1. The van der Waals surface area contributed by atoms with E-state index in [1.165, 1.54) is 10.8 Å². The summed E-state index contributed by atoms with van der Waals surface area (Å²) in [5, 5.41) is 9.34. The van der Waals surface area contributed by atoms with Gasteiger partial charge in [0.2, 0.25) is 0 Å². The molecule has 1 atom stereocenters. The molecule has 1 N–H and O–H groups in total. The maximum Gasteiger partial charge on any atom is 0.311 e. The molecular formula is C17H22ClN3O3S. The number of hydrogen-bond donors (Lipinski definition) is 1. The van der Waals surface area contributed by atoms with Crippen LogP contribution in [-0.2, 0) is 4.79 Å². The van der Waals surface area contributed by atoms with Gasteiger partial charge in [0.25, 0.3) is 0 Å². The van der Waals surface area contributed by atoms with Crippen LogP contribution in [0.5, 0.6) is 0 Å². The van der Waals surface area contributed by atoms with Crippen LogP contribution in [0, 0.1) is 5.92 Å². The highest BCUT2D eigenvalue weighted by Gasteiger charge is 2.28. The molecule has 0 bridgehead atoms. The van der Waals surface area contributed by atoms with Crippen LogP contribution in [0.2, 0.25) is 5.02 Å². The molecule has 0 amide bonds. The number of aldehydes is 1. The van der Waals surface area contributed by atoms with Crippen LogP contribution in [0.4, 0.5) is 0 Å². The van der Waals surface area contributed by atoms with Gasteiger partial charge in [0.15, 0.2) is 6.29 Å². The number of halogens is 1. The number of thiazole rings is 1. The normalized spacial score (nSPS) is 17.8. The van der Waals surface area contributed by atoms with E-state index in [1.807, 2.05) is 0 Å². The molecule has 3 heterocycles. The predicted octanol–water partition coefficient (Wildman–Crippen LogP) is 2.68. The van der Waals surface area contributed by atoms with Crippen LogP contribution in [0.25, 0.3) is 10.3 Å². The van der Waals surface area contributed by atoms with Crippen molar-refractivity contribution in [2.24, 2.45) is 5.92 Å². The van der Waals surface area contributed by atoms with Crippen molar-refractivity contribution in [1.82, 2.24) is 14.5 Å². The van der Waals surface area contributed by atoms with Gasteiger partial charge in [-0.3, -0.25) is 19.1 Å². The zero-order chi connectivity index (χ0) is 17.8. The summed E-state index contributed by atoms with van der Waals surface area (Å²) in [5.74, 6) is 0.627. The molecule has 136 valence electrons. The average Bonchev–Trinajstić information content (AvgIpc) is 2.93. The predicted molar refractivity (Wildman–Crippen MR) is 99.2 cm³/mol. The van der Waals surface area contributed by atoms with Gasteiger partial charge in [-0.2, -0.15) is 0 Å². The summed E-state index contributed by atoms with van der Waals surface area (Å²) in [7, 11) is 0. The largest absolute Gasteiger partial charge is 0.396 e. The van der Waals surface area contributed by atoms with Crippen LogP contribution in [-0.4, -0.2) is 45.5 Å².